The highest BCUT2D eigenvalue weighted by Crippen LogP contribution is 2.30. The molecule has 1 aromatic heterocycles. The van der Waals surface area contributed by atoms with Crippen LogP contribution in [0.3, 0.4) is 0 Å². The second kappa shape index (κ2) is 7.89. The van der Waals surface area contributed by atoms with Crippen molar-refractivity contribution in [2.45, 2.75) is 26.0 Å². The van der Waals surface area contributed by atoms with Crippen molar-refractivity contribution in [1.29, 1.82) is 0 Å². The molecule has 0 saturated carbocycles. The zero-order valence-corrected chi connectivity index (χ0v) is 15.2. The summed E-state index contributed by atoms with van der Waals surface area (Å²) < 4.78 is 10.9. The number of benzene rings is 1. The molecule has 1 amide bonds. The Kier molecular flexibility index (Phi) is 5.60. The molecule has 1 N–H and O–H groups in total. The normalized spacial score (nSPS) is 17.1. The van der Waals surface area contributed by atoms with Gasteiger partial charge in [0.1, 0.15) is 12.4 Å². The summed E-state index contributed by atoms with van der Waals surface area (Å²) in [5, 5.41) is 5.30. The van der Waals surface area contributed by atoms with Crippen LogP contribution < -0.4 is 10.1 Å². The highest BCUT2D eigenvalue weighted by molar-refractivity contribution is 7.09. The molecule has 1 aliphatic rings. The van der Waals surface area contributed by atoms with E-state index >= 15 is 0 Å². The van der Waals surface area contributed by atoms with Crippen LogP contribution in [0.2, 0.25) is 5.02 Å². The fourth-order valence-corrected chi connectivity index (χ4v) is 3.41. The average molecular weight is 380 g/mol. The van der Waals surface area contributed by atoms with Crippen molar-refractivity contribution in [3.05, 3.63) is 51.2 Å². The van der Waals surface area contributed by atoms with Crippen molar-refractivity contribution in [1.82, 2.24) is 5.32 Å². The summed E-state index contributed by atoms with van der Waals surface area (Å²) in [6.07, 6.45) is -0.369. The lowest BCUT2D eigenvalue weighted by atomic mass is 9.97. The molecule has 25 heavy (non-hydrogen) atoms. The van der Waals surface area contributed by atoms with E-state index in [1.165, 1.54) is 0 Å². The van der Waals surface area contributed by atoms with Gasteiger partial charge in [-0.3, -0.25) is 9.59 Å². The number of ether oxygens (including phenoxy) is 2. The first-order valence-electron chi connectivity index (χ1n) is 7.94. The van der Waals surface area contributed by atoms with E-state index in [4.69, 9.17) is 21.1 Å². The first-order valence-corrected chi connectivity index (χ1v) is 9.20. The Labute approximate surface area is 154 Å². The second-order valence-corrected chi connectivity index (χ2v) is 7.31. The monoisotopic (exact) mass is 379 g/mol. The van der Waals surface area contributed by atoms with Crippen molar-refractivity contribution in [2.24, 2.45) is 5.92 Å². The van der Waals surface area contributed by atoms with Crippen LogP contribution in [-0.4, -0.2) is 24.6 Å². The minimum Gasteiger partial charge on any atom is -0.492 e. The van der Waals surface area contributed by atoms with E-state index in [0.29, 0.717) is 18.0 Å². The molecule has 132 valence electrons. The lowest BCUT2D eigenvalue weighted by molar-refractivity contribution is -0.160. The molecule has 3 rings (SSSR count). The molecule has 0 spiro atoms. The largest absolute Gasteiger partial charge is 0.492 e. The van der Waals surface area contributed by atoms with Gasteiger partial charge in [-0.1, -0.05) is 17.7 Å². The molecular weight excluding hydrogens is 362 g/mol. The van der Waals surface area contributed by atoms with Gasteiger partial charge in [0, 0.05) is 9.90 Å². The molecule has 0 bridgehead atoms. The molecule has 7 heteroatoms. The maximum absolute atomic E-state index is 12.3. The summed E-state index contributed by atoms with van der Waals surface area (Å²) in [4.78, 5) is 25.4. The van der Waals surface area contributed by atoms with E-state index in [1.54, 1.807) is 36.5 Å². The van der Waals surface area contributed by atoms with Gasteiger partial charge in [-0.2, -0.15) is 0 Å². The molecule has 2 heterocycles. The van der Waals surface area contributed by atoms with Gasteiger partial charge in [0.25, 0.3) is 5.91 Å². The Morgan fingerprint density at radius 3 is 3.04 bits per heavy atom. The van der Waals surface area contributed by atoms with Crippen LogP contribution in [0, 0.1) is 5.92 Å². The first-order chi connectivity index (χ1) is 12.0. The fraction of sp³-hybridized carbons (Fsp3) is 0.333. The average Bonchev–Trinajstić information content (AvgIpc) is 3.12. The van der Waals surface area contributed by atoms with Crippen LogP contribution in [0.4, 0.5) is 0 Å². The van der Waals surface area contributed by atoms with Crippen molar-refractivity contribution < 1.29 is 19.1 Å². The minimum absolute atomic E-state index is 0.233. The van der Waals surface area contributed by atoms with Crippen LogP contribution in [0.25, 0.3) is 0 Å². The maximum atomic E-state index is 12.3. The van der Waals surface area contributed by atoms with Gasteiger partial charge in [0.05, 0.1) is 12.5 Å². The summed E-state index contributed by atoms with van der Waals surface area (Å²) in [5.74, 6) is -0.472. The third-order valence-corrected chi connectivity index (χ3v) is 5.05. The summed E-state index contributed by atoms with van der Waals surface area (Å²) in [5.41, 5.74) is 0.871. The molecule has 0 fully saturated rings. The van der Waals surface area contributed by atoms with Crippen LogP contribution >= 0.6 is 22.9 Å². The van der Waals surface area contributed by atoms with Crippen molar-refractivity contribution in [3.8, 4) is 5.75 Å². The number of thiophene rings is 1. The van der Waals surface area contributed by atoms with Gasteiger partial charge in [0.2, 0.25) is 0 Å². The number of hydrogen-bond donors (Lipinski definition) is 1. The third-order valence-electron chi connectivity index (χ3n) is 3.94. The predicted molar refractivity (Wildman–Crippen MR) is 95.9 cm³/mol. The van der Waals surface area contributed by atoms with Crippen molar-refractivity contribution in [3.63, 3.8) is 0 Å². The first kappa shape index (κ1) is 17.8. The van der Waals surface area contributed by atoms with Crippen LogP contribution in [0.1, 0.15) is 17.4 Å². The molecule has 0 unspecified atom stereocenters. The molecule has 2 aromatic rings. The highest BCUT2D eigenvalue weighted by atomic mass is 35.5. The zero-order valence-electron chi connectivity index (χ0n) is 13.7. The Morgan fingerprint density at radius 1 is 1.44 bits per heavy atom. The number of carbonyl (C=O) groups excluding carboxylic acids is 2. The van der Waals surface area contributed by atoms with E-state index in [2.05, 4.69) is 5.32 Å². The van der Waals surface area contributed by atoms with Gasteiger partial charge >= 0.3 is 5.97 Å². The van der Waals surface area contributed by atoms with Gasteiger partial charge in [-0.25, -0.2) is 0 Å². The Morgan fingerprint density at radius 2 is 2.28 bits per heavy atom. The van der Waals surface area contributed by atoms with Gasteiger partial charge in [-0.05, 0) is 48.6 Å². The number of carbonyl (C=O) groups is 2. The lowest BCUT2D eigenvalue weighted by Crippen LogP contribution is -2.38. The van der Waals surface area contributed by atoms with Gasteiger partial charge in [0.15, 0.2) is 6.10 Å². The predicted octanol–water partition coefficient (Wildman–Crippen LogP) is 3.20. The lowest BCUT2D eigenvalue weighted by Gasteiger charge is -2.25. The summed E-state index contributed by atoms with van der Waals surface area (Å²) in [7, 11) is 0. The molecule has 1 aliphatic heterocycles. The van der Waals surface area contributed by atoms with E-state index < -0.39 is 18.0 Å². The van der Waals surface area contributed by atoms with Crippen LogP contribution in [0.15, 0.2) is 35.7 Å². The second-order valence-electron chi connectivity index (χ2n) is 5.84. The Balaban J connectivity index is 1.52. The molecule has 1 aromatic carbocycles. The smallest absolute Gasteiger partial charge is 0.313 e. The van der Waals surface area contributed by atoms with Crippen molar-refractivity contribution in [2.75, 3.05) is 6.61 Å². The Bertz CT molecular complexity index is 762. The number of esters is 1. The fourth-order valence-electron chi connectivity index (χ4n) is 2.57. The molecule has 0 radical (unpaired) electrons. The van der Waals surface area contributed by atoms with E-state index in [-0.39, 0.29) is 12.5 Å². The topological polar surface area (TPSA) is 64.6 Å². The standard InChI is InChI=1S/C18H18ClNO4S/c1-11(17(21)20-9-15-3-2-6-25-15)24-18(22)13-7-12-8-14(19)4-5-16(12)23-10-13/h2-6,8,11,13H,7,9-10H2,1H3,(H,20,21)/t11-,13-/m0/s1. The summed E-state index contributed by atoms with van der Waals surface area (Å²) in [6.45, 7) is 2.23. The van der Waals surface area contributed by atoms with E-state index in [1.807, 2.05) is 17.5 Å². The van der Waals surface area contributed by atoms with Gasteiger partial charge < -0.3 is 14.8 Å². The minimum atomic E-state index is -0.853. The summed E-state index contributed by atoms with van der Waals surface area (Å²) in [6, 6.07) is 9.18. The number of fused-ring (bicyclic) bond motifs is 1. The van der Waals surface area contributed by atoms with Crippen molar-refractivity contribution >= 4 is 34.8 Å². The molecular formula is C18H18ClNO4S. The van der Waals surface area contributed by atoms with Crippen LogP contribution in [-0.2, 0) is 27.3 Å². The van der Waals surface area contributed by atoms with E-state index in [0.717, 1.165) is 16.2 Å². The Hall–Kier alpha value is -2.05. The zero-order chi connectivity index (χ0) is 17.8. The van der Waals surface area contributed by atoms with E-state index in [9.17, 15) is 9.59 Å². The number of hydrogen-bond acceptors (Lipinski definition) is 5. The number of halogens is 1. The molecule has 5 nitrogen and oxygen atoms in total. The number of amides is 1. The molecule has 0 aliphatic carbocycles. The van der Waals surface area contributed by atoms with Gasteiger partial charge in [-0.15, -0.1) is 11.3 Å². The highest BCUT2D eigenvalue weighted by Gasteiger charge is 2.30. The van der Waals surface area contributed by atoms with Crippen LogP contribution in [0.5, 0.6) is 5.75 Å². The number of rotatable bonds is 5. The third kappa shape index (κ3) is 4.52. The number of nitrogens with one attached hydrogen (secondary N) is 1. The quantitative estimate of drug-likeness (QED) is 0.810. The maximum Gasteiger partial charge on any atom is 0.313 e. The molecule has 2 atom stereocenters. The molecule has 0 saturated heterocycles. The SMILES string of the molecule is C[C@H](OC(=O)[C@@H]1COc2ccc(Cl)cc2C1)C(=O)NCc1cccs1. The summed E-state index contributed by atoms with van der Waals surface area (Å²) >= 11 is 7.54.